The van der Waals surface area contributed by atoms with Gasteiger partial charge in [0, 0.05) is 34.3 Å². The van der Waals surface area contributed by atoms with Crippen molar-refractivity contribution in [3.63, 3.8) is 0 Å². The molecule has 2 amide bonds. The zero-order valence-corrected chi connectivity index (χ0v) is 29.0. The molecule has 1 aliphatic heterocycles. The first kappa shape index (κ1) is 33.4. The maximum atomic E-state index is 14.4. The van der Waals surface area contributed by atoms with Crippen LogP contribution in [0, 0.1) is 17.8 Å². The van der Waals surface area contributed by atoms with Crippen LogP contribution in [0.3, 0.4) is 0 Å². The van der Waals surface area contributed by atoms with Crippen LogP contribution in [-0.4, -0.2) is 55.9 Å². The Balaban J connectivity index is 1.21. The minimum Gasteiger partial charge on any atom is -0.497 e. The van der Waals surface area contributed by atoms with Gasteiger partial charge in [0.05, 0.1) is 42.8 Å². The van der Waals surface area contributed by atoms with E-state index in [4.69, 9.17) is 14.2 Å². The van der Waals surface area contributed by atoms with Gasteiger partial charge in [-0.25, -0.2) is 0 Å². The van der Waals surface area contributed by atoms with Gasteiger partial charge < -0.3 is 19.3 Å². The number of aliphatic hydroxyl groups is 1. The van der Waals surface area contributed by atoms with Crippen molar-refractivity contribution in [1.29, 1.82) is 0 Å². The number of allylic oxidation sites excluding steroid dienone is 6. The summed E-state index contributed by atoms with van der Waals surface area (Å²) in [6.07, 6.45) is 7.58. The molecule has 50 heavy (non-hydrogen) atoms. The molecule has 10 heteroatoms. The van der Waals surface area contributed by atoms with Crippen LogP contribution in [0.15, 0.2) is 100 Å². The Kier molecular flexibility index (Phi) is 9.15. The Morgan fingerprint density at radius 1 is 0.900 bits per heavy atom. The molecule has 0 aromatic heterocycles. The number of amides is 2. The van der Waals surface area contributed by atoms with E-state index >= 15 is 0 Å². The van der Waals surface area contributed by atoms with Gasteiger partial charge in [-0.15, -0.1) is 0 Å². The molecular weight excluding hydrogens is 702 g/mol. The smallest absolute Gasteiger partial charge is 0.238 e. The molecule has 0 saturated carbocycles. The minimum atomic E-state index is -0.711. The molecule has 9 nitrogen and oxygen atoms in total. The molecule has 1 fully saturated rings. The Morgan fingerprint density at radius 2 is 1.68 bits per heavy atom. The van der Waals surface area contributed by atoms with E-state index in [2.05, 4.69) is 15.9 Å². The first-order valence-corrected chi connectivity index (χ1v) is 17.1. The number of methoxy groups -OCH3 is 2. The highest BCUT2D eigenvalue weighted by atomic mass is 79.9. The number of halogens is 1. The molecule has 7 rings (SSSR count). The van der Waals surface area contributed by atoms with Crippen LogP contribution in [0.5, 0.6) is 17.2 Å². The molecule has 4 aliphatic rings. The quantitative estimate of drug-likeness (QED) is 0.119. The van der Waals surface area contributed by atoms with Crippen LogP contribution < -0.4 is 19.1 Å². The van der Waals surface area contributed by atoms with Gasteiger partial charge in [0.15, 0.2) is 11.6 Å². The Hall–Kier alpha value is -5.06. The van der Waals surface area contributed by atoms with Crippen molar-refractivity contribution < 1.29 is 38.5 Å². The monoisotopic (exact) mass is 735 g/mol. The lowest BCUT2D eigenvalue weighted by molar-refractivity contribution is -0.123. The fourth-order valence-corrected chi connectivity index (χ4v) is 8.16. The summed E-state index contributed by atoms with van der Waals surface area (Å²) in [5, 5.41) is 9.47. The fraction of sp³-hybridized carbons (Fsp3) is 0.250. The summed E-state index contributed by atoms with van der Waals surface area (Å²) in [6.45, 7) is -0.150. The summed E-state index contributed by atoms with van der Waals surface area (Å²) in [5.74, 6) is -1.78. The maximum absolute atomic E-state index is 14.4. The molecule has 3 aliphatic carbocycles. The average Bonchev–Trinajstić information content (AvgIpc) is 3.40. The van der Waals surface area contributed by atoms with Gasteiger partial charge in [0.25, 0.3) is 0 Å². The number of aliphatic hydroxyl groups excluding tert-OH is 1. The predicted octanol–water partition coefficient (Wildman–Crippen LogP) is 6.21. The molecule has 0 unspecified atom stereocenters. The third-order valence-electron chi connectivity index (χ3n) is 9.95. The third kappa shape index (κ3) is 5.72. The zero-order chi connectivity index (χ0) is 35.1. The van der Waals surface area contributed by atoms with Gasteiger partial charge in [-0.3, -0.25) is 24.1 Å². The van der Waals surface area contributed by atoms with E-state index in [1.54, 1.807) is 38.5 Å². The molecule has 0 radical (unpaired) electrons. The highest BCUT2D eigenvalue weighted by Crippen LogP contribution is 2.56. The first-order chi connectivity index (χ1) is 24.2. The number of nitrogens with zero attached hydrogens (tertiary/aromatic N) is 1. The summed E-state index contributed by atoms with van der Waals surface area (Å²) in [7, 11) is 3.21. The van der Waals surface area contributed by atoms with Gasteiger partial charge in [-0.1, -0.05) is 54.1 Å². The van der Waals surface area contributed by atoms with Crippen LogP contribution >= 0.6 is 15.9 Å². The molecule has 3 aromatic carbocycles. The zero-order valence-electron chi connectivity index (χ0n) is 27.4. The summed E-state index contributed by atoms with van der Waals surface area (Å²) in [5.41, 5.74) is 4.36. The van der Waals surface area contributed by atoms with E-state index in [-0.39, 0.29) is 47.5 Å². The Labute approximate surface area is 297 Å². The number of hydrogen-bond donors (Lipinski definition) is 1. The highest BCUT2D eigenvalue weighted by Gasteiger charge is 2.57. The Bertz CT molecular complexity index is 2040. The lowest BCUT2D eigenvalue weighted by Gasteiger charge is -2.42. The Morgan fingerprint density at radius 3 is 2.42 bits per heavy atom. The molecule has 0 spiro atoms. The number of benzene rings is 3. The number of anilines is 1. The number of rotatable bonds is 9. The lowest BCUT2D eigenvalue weighted by Crippen LogP contribution is -2.39. The summed E-state index contributed by atoms with van der Waals surface area (Å²) in [4.78, 5) is 56.8. The second kappa shape index (κ2) is 13.7. The van der Waals surface area contributed by atoms with Crippen molar-refractivity contribution in [2.45, 2.75) is 18.8 Å². The molecule has 1 heterocycles. The van der Waals surface area contributed by atoms with Crippen molar-refractivity contribution in [3.05, 3.63) is 117 Å². The molecule has 254 valence electrons. The number of hydrogen-bond acceptors (Lipinski definition) is 8. The normalized spacial score (nSPS) is 23.0. The molecule has 0 bridgehead atoms. The number of Topliss-reactive ketones (excluding diaryl/α,β-unsaturated/α-hetero) is 1. The van der Waals surface area contributed by atoms with Crippen molar-refractivity contribution in [3.8, 4) is 17.2 Å². The van der Waals surface area contributed by atoms with Crippen molar-refractivity contribution in [1.82, 2.24) is 0 Å². The van der Waals surface area contributed by atoms with E-state index in [0.29, 0.717) is 46.1 Å². The minimum absolute atomic E-state index is 0.0485. The van der Waals surface area contributed by atoms with E-state index in [1.807, 2.05) is 60.7 Å². The maximum Gasteiger partial charge on any atom is 0.238 e. The third-order valence-corrected chi connectivity index (χ3v) is 10.5. The summed E-state index contributed by atoms with van der Waals surface area (Å²) < 4.78 is 16.9. The van der Waals surface area contributed by atoms with Crippen LogP contribution in [0.25, 0.3) is 12.2 Å². The van der Waals surface area contributed by atoms with Crippen LogP contribution in [0.1, 0.15) is 35.4 Å². The van der Waals surface area contributed by atoms with Gasteiger partial charge in [-0.2, -0.15) is 0 Å². The molecule has 1 saturated heterocycles. The number of ketones is 2. The number of carbonyl (C=O) groups is 4. The number of carbonyl (C=O) groups excluding carboxylic acids is 4. The van der Waals surface area contributed by atoms with E-state index in [9.17, 15) is 24.3 Å². The number of fused-ring (bicyclic) bond motifs is 3. The van der Waals surface area contributed by atoms with Crippen LogP contribution in [-0.2, 0) is 19.2 Å². The number of para-hydroxylation sites is 1. The van der Waals surface area contributed by atoms with Gasteiger partial charge in [0.1, 0.15) is 23.9 Å². The predicted molar refractivity (Wildman–Crippen MR) is 191 cm³/mol. The van der Waals surface area contributed by atoms with Crippen molar-refractivity contribution >= 4 is 57.2 Å². The average molecular weight is 737 g/mol. The number of ether oxygens (including phenoxy) is 3. The van der Waals surface area contributed by atoms with Gasteiger partial charge >= 0.3 is 0 Å². The summed E-state index contributed by atoms with van der Waals surface area (Å²) >= 11 is 3.27. The van der Waals surface area contributed by atoms with Gasteiger partial charge in [0.2, 0.25) is 11.8 Å². The second-order valence-electron chi connectivity index (χ2n) is 12.5. The van der Waals surface area contributed by atoms with E-state index < -0.39 is 23.7 Å². The molecular formula is C40H34BrNO8. The van der Waals surface area contributed by atoms with Crippen molar-refractivity contribution in [2.75, 3.05) is 32.3 Å². The highest BCUT2D eigenvalue weighted by molar-refractivity contribution is 9.12. The second-order valence-corrected chi connectivity index (χ2v) is 13.4. The van der Waals surface area contributed by atoms with E-state index in [0.717, 1.165) is 16.7 Å². The summed E-state index contributed by atoms with van der Waals surface area (Å²) in [6, 6.07) is 20.0. The largest absolute Gasteiger partial charge is 0.497 e. The lowest BCUT2D eigenvalue weighted by atomic mass is 9.59. The fourth-order valence-electron chi connectivity index (χ4n) is 7.71. The first-order valence-electron chi connectivity index (χ1n) is 16.4. The van der Waals surface area contributed by atoms with E-state index in [1.165, 1.54) is 11.0 Å². The molecule has 4 atom stereocenters. The standard InChI is InChI=1S/C40H34BrNO8/c1-48-25-13-16-33(49-2)23(19-25)10-7-22-8-11-24(12-9-22)42-39(46)28-15-14-26-29(36(28)40(42)47)20-30-37(32(44)21-31(41)38(30)45)35(26)27-5-3-4-6-34(27)50-18-17-43/h3-14,16,19,21,28-29,35-36,43H,15,17-18,20H2,1-2H3/t28-,29+,35+,36-/m0/s1. The topological polar surface area (TPSA) is 119 Å². The SMILES string of the molecule is COc1ccc(OC)c(C=Cc2ccc(N3C(=O)[C@H]4[C@H](CC=C5[C@H](c6ccccc6OCCO)C6=C(C[C@H]54)C(=O)C(Br)=CC6=O)C3=O)cc2)c1. The number of imide groups is 1. The molecule has 3 aromatic rings. The van der Waals surface area contributed by atoms with Crippen LogP contribution in [0.4, 0.5) is 5.69 Å². The van der Waals surface area contributed by atoms with Crippen molar-refractivity contribution in [2.24, 2.45) is 17.8 Å². The van der Waals surface area contributed by atoms with Crippen LogP contribution in [0.2, 0.25) is 0 Å². The van der Waals surface area contributed by atoms with Gasteiger partial charge in [-0.05, 0) is 76.7 Å². The molecule has 1 N–H and O–H groups in total.